The van der Waals surface area contributed by atoms with Crippen LogP contribution < -0.4 is 22.1 Å². The highest BCUT2D eigenvalue weighted by molar-refractivity contribution is 7.98. The molecule has 12 nitrogen and oxygen atoms in total. The van der Waals surface area contributed by atoms with E-state index in [2.05, 4.69) is 10.6 Å². The van der Waals surface area contributed by atoms with Crippen molar-refractivity contribution in [1.29, 1.82) is 0 Å². The highest BCUT2D eigenvalue weighted by Gasteiger charge is 2.36. The van der Waals surface area contributed by atoms with Gasteiger partial charge in [-0.3, -0.25) is 14.4 Å². The van der Waals surface area contributed by atoms with Crippen LogP contribution in [0, 0.1) is 0 Å². The summed E-state index contributed by atoms with van der Waals surface area (Å²) < 4.78 is 0. The van der Waals surface area contributed by atoms with Crippen molar-refractivity contribution in [3.63, 3.8) is 0 Å². The van der Waals surface area contributed by atoms with Gasteiger partial charge in [-0.25, -0.2) is 4.79 Å². The second-order valence-electron chi connectivity index (χ2n) is 7.21. The molecule has 0 aromatic heterocycles. The number of phenolic OH excluding ortho intramolecular Hbond substituents is 1. The van der Waals surface area contributed by atoms with Crippen molar-refractivity contribution >= 4 is 35.3 Å². The van der Waals surface area contributed by atoms with Crippen molar-refractivity contribution in [2.75, 3.05) is 25.2 Å². The third-order valence-corrected chi connectivity index (χ3v) is 5.47. The van der Waals surface area contributed by atoms with Gasteiger partial charge < -0.3 is 42.5 Å². The zero-order valence-corrected chi connectivity index (χ0v) is 18.8. The van der Waals surface area contributed by atoms with Crippen LogP contribution in [-0.4, -0.2) is 93.4 Å². The second-order valence-corrected chi connectivity index (χ2v) is 8.20. The average Bonchev–Trinajstić information content (AvgIpc) is 2.80. The number of thioether (sulfide) groups is 1. The Labute approximate surface area is 194 Å². The topological polar surface area (TPSA) is 225 Å². The summed E-state index contributed by atoms with van der Waals surface area (Å²) in [5.41, 5.74) is 11.9. The average molecular weight is 487 g/mol. The molecule has 0 bridgehead atoms. The van der Waals surface area contributed by atoms with Gasteiger partial charge >= 0.3 is 5.97 Å². The van der Waals surface area contributed by atoms with Gasteiger partial charge in [0.2, 0.25) is 11.8 Å². The lowest BCUT2D eigenvalue weighted by molar-refractivity contribution is -0.142. The van der Waals surface area contributed by atoms with E-state index < -0.39 is 66.9 Å². The molecule has 0 radical (unpaired) electrons. The standard InChI is InChI=1S/C20H30N4O8S/c1-33-7-6-13(20(31)32)23-18(29)14(9-26)24-19(30)16(22)15(17(28)12(21)8-25)10-2-4-11(27)5-3-10/h2-5,12-16,25-27H,6-9,21-22H2,1H3,(H,23,29)(H,24,30)(H,31,32)/t12-,13+,14+,15?,16+/m1/s1. The third kappa shape index (κ3) is 8.29. The van der Waals surface area contributed by atoms with Crippen LogP contribution in [-0.2, 0) is 19.2 Å². The second kappa shape index (κ2) is 13.7. The fourth-order valence-corrected chi connectivity index (χ4v) is 3.40. The summed E-state index contributed by atoms with van der Waals surface area (Å²) in [7, 11) is 0. The molecule has 0 heterocycles. The lowest BCUT2D eigenvalue weighted by Gasteiger charge is -2.26. The summed E-state index contributed by atoms with van der Waals surface area (Å²) in [5, 5.41) is 42.0. The molecule has 13 heteroatoms. The van der Waals surface area contributed by atoms with Gasteiger partial charge in [-0.2, -0.15) is 11.8 Å². The van der Waals surface area contributed by atoms with E-state index in [0.717, 1.165) is 0 Å². The maximum absolute atomic E-state index is 12.8. The van der Waals surface area contributed by atoms with Crippen LogP contribution in [0.4, 0.5) is 0 Å². The minimum atomic E-state index is -1.58. The van der Waals surface area contributed by atoms with Crippen molar-refractivity contribution in [3.05, 3.63) is 29.8 Å². The predicted octanol–water partition coefficient (Wildman–Crippen LogP) is -2.51. The largest absolute Gasteiger partial charge is 0.508 e. The summed E-state index contributed by atoms with van der Waals surface area (Å²) >= 11 is 1.39. The van der Waals surface area contributed by atoms with Crippen molar-refractivity contribution in [2.24, 2.45) is 11.5 Å². The number of phenols is 1. The Morgan fingerprint density at radius 1 is 0.970 bits per heavy atom. The van der Waals surface area contributed by atoms with Crippen molar-refractivity contribution in [2.45, 2.75) is 36.5 Å². The molecule has 0 spiro atoms. The Hall–Kier alpha value is -2.71. The van der Waals surface area contributed by atoms with Crippen LogP contribution in [0.2, 0.25) is 0 Å². The van der Waals surface area contributed by atoms with E-state index >= 15 is 0 Å². The van der Waals surface area contributed by atoms with Crippen molar-refractivity contribution in [3.8, 4) is 5.75 Å². The monoisotopic (exact) mass is 486 g/mol. The van der Waals surface area contributed by atoms with Crippen molar-refractivity contribution in [1.82, 2.24) is 10.6 Å². The molecule has 1 aromatic carbocycles. The maximum Gasteiger partial charge on any atom is 0.326 e. The summed E-state index contributed by atoms with van der Waals surface area (Å²) in [6.45, 7) is -1.55. The van der Waals surface area contributed by atoms with Gasteiger partial charge in [-0.1, -0.05) is 12.1 Å². The number of benzene rings is 1. The molecule has 2 amide bonds. The number of hydrogen-bond acceptors (Lipinski definition) is 10. The Morgan fingerprint density at radius 3 is 2.03 bits per heavy atom. The Kier molecular flexibility index (Phi) is 11.8. The SMILES string of the molecule is CSCC[C@H](NC(=O)[C@H](CO)NC(=O)[C@@H](N)C(C(=O)[C@H](N)CO)c1ccc(O)cc1)C(=O)O. The lowest BCUT2D eigenvalue weighted by atomic mass is 9.84. The number of aliphatic hydroxyl groups is 2. The fraction of sp³-hybridized carbons (Fsp3) is 0.500. The van der Waals surface area contributed by atoms with Gasteiger partial charge in [0.15, 0.2) is 5.78 Å². The van der Waals surface area contributed by atoms with Gasteiger partial charge in [0.1, 0.15) is 17.8 Å². The fourth-order valence-electron chi connectivity index (χ4n) is 2.93. The number of aliphatic hydroxyl groups excluding tert-OH is 2. The van der Waals surface area contributed by atoms with Crippen LogP contribution >= 0.6 is 11.8 Å². The van der Waals surface area contributed by atoms with Crippen LogP contribution in [0.3, 0.4) is 0 Å². The number of ketones is 1. The summed E-state index contributed by atoms with van der Waals surface area (Å²) in [5.74, 6) is -4.92. The molecule has 184 valence electrons. The summed E-state index contributed by atoms with van der Waals surface area (Å²) in [4.78, 5) is 49.2. The molecule has 0 aliphatic rings. The normalized spacial score (nSPS) is 15.5. The first kappa shape index (κ1) is 28.3. The molecule has 0 saturated heterocycles. The zero-order valence-electron chi connectivity index (χ0n) is 18.0. The van der Waals surface area contributed by atoms with E-state index in [1.807, 2.05) is 0 Å². The molecule has 10 N–H and O–H groups in total. The summed E-state index contributed by atoms with van der Waals surface area (Å²) in [6, 6.07) is -0.408. The molecule has 1 unspecified atom stereocenters. The quantitative estimate of drug-likeness (QED) is 0.137. The number of carboxylic acid groups (broad SMARTS) is 1. The molecular weight excluding hydrogens is 456 g/mol. The van der Waals surface area contributed by atoms with Crippen molar-refractivity contribution < 1.29 is 39.6 Å². The number of rotatable bonds is 14. The molecule has 0 fully saturated rings. The molecule has 33 heavy (non-hydrogen) atoms. The number of nitrogens with one attached hydrogen (secondary N) is 2. The van der Waals surface area contributed by atoms with Crippen LogP contribution in [0.1, 0.15) is 17.9 Å². The number of Topliss-reactive ketones (excluding diaryl/α,β-unsaturated/α-hetero) is 1. The number of nitrogens with two attached hydrogens (primary N) is 2. The van der Waals surface area contributed by atoms with Gasteiger partial charge in [0, 0.05) is 0 Å². The predicted molar refractivity (Wildman–Crippen MR) is 120 cm³/mol. The van der Waals surface area contributed by atoms with E-state index in [-0.39, 0.29) is 17.7 Å². The molecule has 1 aromatic rings. The minimum Gasteiger partial charge on any atom is -0.508 e. The number of amides is 2. The Morgan fingerprint density at radius 2 is 1.55 bits per heavy atom. The van der Waals surface area contributed by atoms with Gasteiger partial charge in [0.05, 0.1) is 31.2 Å². The number of hydrogen-bond donors (Lipinski definition) is 8. The maximum atomic E-state index is 12.8. The minimum absolute atomic E-state index is 0.0964. The lowest BCUT2D eigenvalue weighted by Crippen LogP contribution is -2.58. The summed E-state index contributed by atoms with van der Waals surface area (Å²) in [6.07, 6.45) is 1.90. The Bertz CT molecular complexity index is 823. The van der Waals surface area contributed by atoms with E-state index in [0.29, 0.717) is 5.75 Å². The first-order valence-electron chi connectivity index (χ1n) is 9.95. The van der Waals surface area contributed by atoms with Crippen LogP contribution in [0.25, 0.3) is 0 Å². The van der Waals surface area contributed by atoms with E-state index in [1.54, 1.807) is 6.26 Å². The molecule has 0 aliphatic heterocycles. The van der Waals surface area contributed by atoms with Gasteiger partial charge in [-0.15, -0.1) is 0 Å². The van der Waals surface area contributed by atoms with Crippen LogP contribution in [0.5, 0.6) is 5.75 Å². The number of carbonyl (C=O) groups is 4. The third-order valence-electron chi connectivity index (χ3n) is 4.82. The van der Waals surface area contributed by atoms with Gasteiger partial charge in [-0.05, 0) is 36.1 Å². The number of carbonyl (C=O) groups excluding carboxylic acids is 3. The van der Waals surface area contributed by atoms with E-state index in [9.17, 15) is 39.6 Å². The first-order valence-corrected chi connectivity index (χ1v) is 11.3. The smallest absolute Gasteiger partial charge is 0.326 e. The Balaban J connectivity index is 3.04. The highest BCUT2D eigenvalue weighted by atomic mass is 32.2. The highest BCUT2D eigenvalue weighted by Crippen LogP contribution is 2.24. The number of aliphatic carboxylic acids is 1. The zero-order chi connectivity index (χ0) is 25.1. The molecular formula is C20H30N4O8S. The first-order chi connectivity index (χ1) is 15.6. The van der Waals surface area contributed by atoms with E-state index in [1.165, 1.54) is 36.0 Å². The molecule has 1 rings (SSSR count). The molecule has 0 aliphatic carbocycles. The number of carboxylic acids is 1. The van der Waals surface area contributed by atoms with Crippen LogP contribution in [0.15, 0.2) is 24.3 Å². The number of aromatic hydroxyl groups is 1. The van der Waals surface area contributed by atoms with E-state index in [4.69, 9.17) is 11.5 Å². The molecule has 0 saturated carbocycles. The van der Waals surface area contributed by atoms with Gasteiger partial charge in [0.25, 0.3) is 0 Å². The molecule has 5 atom stereocenters.